The fourth-order valence-electron chi connectivity index (χ4n) is 7.83. The molecule has 0 aromatic rings. The number of rotatable bonds is 1. The molecule has 0 saturated heterocycles. The van der Waals surface area contributed by atoms with Crippen LogP contribution in [0.15, 0.2) is 0 Å². The Balaban J connectivity index is 1.65. The number of aliphatic hydroxyl groups excluding tert-OH is 1. The molecule has 3 heteroatoms. The fraction of sp³-hybridized carbons (Fsp3) is 0.952. The second kappa shape index (κ2) is 5.30. The summed E-state index contributed by atoms with van der Waals surface area (Å²) in [6, 6.07) is 0. The van der Waals surface area contributed by atoms with Crippen molar-refractivity contribution in [2.45, 2.75) is 90.3 Å². The minimum Gasteiger partial charge on any atom is -0.393 e. The van der Waals surface area contributed by atoms with Gasteiger partial charge in [0.2, 0.25) is 0 Å². The van der Waals surface area contributed by atoms with Crippen molar-refractivity contribution in [1.29, 1.82) is 0 Å². The zero-order valence-electron chi connectivity index (χ0n) is 15.6. The molecule has 4 rings (SSSR count). The molecule has 136 valence electrons. The summed E-state index contributed by atoms with van der Waals surface area (Å²) in [7, 11) is 0. The number of carbonyl (C=O) groups excluding carboxylic acids is 1. The van der Waals surface area contributed by atoms with Crippen molar-refractivity contribution < 1.29 is 15.0 Å². The first-order chi connectivity index (χ1) is 11.2. The molecule has 0 aromatic carbocycles. The zero-order chi connectivity index (χ0) is 17.3. The van der Waals surface area contributed by atoms with Crippen LogP contribution in [0.25, 0.3) is 0 Å². The van der Waals surface area contributed by atoms with Gasteiger partial charge in [-0.1, -0.05) is 13.8 Å². The smallest absolute Gasteiger partial charge is 0.161 e. The van der Waals surface area contributed by atoms with Gasteiger partial charge in [0.15, 0.2) is 5.78 Å². The van der Waals surface area contributed by atoms with Crippen LogP contribution >= 0.6 is 0 Å². The zero-order valence-corrected chi connectivity index (χ0v) is 15.6. The Kier molecular flexibility index (Phi) is 3.76. The van der Waals surface area contributed by atoms with Gasteiger partial charge in [0, 0.05) is 5.41 Å². The van der Waals surface area contributed by atoms with Crippen molar-refractivity contribution in [3.63, 3.8) is 0 Å². The predicted octanol–water partition coefficient (Wildman–Crippen LogP) is 3.71. The minimum atomic E-state index is -1.09. The van der Waals surface area contributed by atoms with E-state index in [1.807, 2.05) is 0 Å². The highest BCUT2D eigenvalue weighted by Crippen LogP contribution is 2.68. The number of hydrogen-bond donors (Lipinski definition) is 2. The highest BCUT2D eigenvalue weighted by Gasteiger charge is 2.65. The molecule has 3 nitrogen and oxygen atoms in total. The topological polar surface area (TPSA) is 57.5 Å². The van der Waals surface area contributed by atoms with Crippen LogP contribution < -0.4 is 0 Å². The summed E-state index contributed by atoms with van der Waals surface area (Å²) in [5, 5.41) is 21.3. The molecular formula is C21H34O3. The number of carbonyl (C=O) groups is 1. The van der Waals surface area contributed by atoms with Crippen LogP contribution in [0.3, 0.4) is 0 Å². The molecule has 24 heavy (non-hydrogen) atoms. The van der Waals surface area contributed by atoms with E-state index in [4.69, 9.17) is 0 Å². The van der Waals surface area contributed by atoms with Crippen LogP contribution in [0.1, 0.15) is 78.6 Å². The summed E-state index contributed by atoms with van der Waals surface area (Å²) in [5.41, 5.74) is -0.957. The normalized spacial score (nSPS) is 57.0. The van der Waals surface area contributed by atoms with Crippen LogP contribution in [-0.2, 0) is 4.79 Å². The minimum absolute atomic E-state index is 0.0216. The molecule has 4 aliphatic carbocycles. The van der Waals surface area contributed by atoms with Crippen LogP contribution in [0.5, 0.6) is 0 Å². The average Bonchev–Trinajstić information content (AvgIpc) is 2.81. The maximum atomic E-state index is 12.2. The number of fused-ring (bicyclic) bond motifs is 5. The van der Waals surface area contributed by atoms with Gasteiger partial charge in [0.25, 0.3) is 0 Å². The van der Waals surface area contributed by atoms with Crippen LogP contribution in [0, 0.1) is 34.5 Å². The highest BCUT2D eigenvalue weighted by atomic mass is 16.3. The average molecular weight is 335 g/mol. The molecule has 0 aromatic heterocycles. The third-order valence-electron chi connectivity index (χ3n) is 9.37. The summed E-state index contributed by atoms with van der Waals surface area (Å²) in [4.78, 5) is 12.2. The lowest BCUT2D eigenvalue weighted by Crippen LogP contribution is -2.58. The predicted molar refractivity (Wildman–Crippen MR) is 93.4 cm³/mol. The number of Topliss-reactive ketones (excluding diaryl/α,β-unsaturated/α-hetero) is 1. The van der Waals surface area contributed by atoms with Crippen LogP contribution in [-0.4, -0.2) is 27.7 Å². The van der Waals surface area contributed by atoms with E-state index in [-0.39, 0.29) is 17.3 Å². The van der Waals surface area contributed by atoms with E-state index in [9.17, 15) is 15.0 Å². The van der Waals surface area contributed by atoms with E-state index in [2.05, 4.69) is 13.8 Å². The Labute approximate surface area is 146 Å². The number of hydrogen-bond acceptors (Lipinski definition) is 3. The summed E-state index contributed by atoms with van der Waals surface area (Å²) >= 11 is 0. The molecule has 0 aliphatic heterocycles. The van der Waals surface area contributed by atoms with E-state index >= 15 is 0 Å². The van der Waals surface area contributed by atoms with Crippen molar-refractivity contribution >= 4 is 5.78 Å². The molecule has 0 spiro atoms. The van der Waals surface area contributed by atoms with Crippen molar-refractivity contribution in [1.82, 2.24) is 0 Å². The first kappa shape index (κ1) is 17.0. The Morgan fingerprint density at radius 1 is 0.958 bits per heavy atom. The van der Waals surface area contributed by atoms with Gasteiger partial charge in [-0.15, -0.1) is 0 Å². The largest absolute Gasteiger partial charge is 0.393 e. The lowest BCUT2D eigenvalue weighted by molar-refractivity contribution is -0.170. The van der Waals surface area contributed by atoms with Crippen molar-refractivity contribution in [3.05, 3.63) is 0 Å². The lowest BCUT2D eigenvalue weighted by atomic mass is 9.44. The van der Waals surface area contributed by atoms with Gasteiger partial charge < -0.3 is 10.2 Å². The highest BCUT2D eigenvalue weighted by molar-refractivity contribution is 5.86. The molecule has 6 unspecified atom stereocenters. The summed E-state index contributed by atoms with van der Waals surface area (Å²) in [6.07, 6.45) is 9.25. The fourth-order valence-corrected chi connectivity index (χ4v) is 7.83. The molecule has 2 N–H and O–H groups in total. The molecule has 4 saturated carbocycles. The van der Waals surface area contributed by atoms with Gasteiger partial charge in [0.05, 0.1) is 6.10 Å². The summed E-state index contributed by atoms with van der Waals surface area (Å²) < 4.78 is 0. The van der Waals surface area contributed by atoms with Gasteiger partial charge in [-0.25, -0.2) is 0 Å². The number of aliphatic hydroxyl groups is 2. The van der Waals surface area contributed by atoms with Crippen molar-refractivity contribution in [3.8, 4) is 0 Å². The van der Waals surface area contributed by atoms with Gasteiger partial charge in [0.1, 0.15) is 5.60 Å². The second-order valence-corrected chi connectivity index (χ2v) is 10.00. The third-order valence-corrected chi connectivity index (χ3v) is 9.37. The van der Waals surface area contributed by atoms with E-state index < -0.39 is 5.60 Å². The SMILES string of the molecule is CC(=O)[C@@]1(O)CCC2C3CC[C@H]4CC(O)CCC4(C)C3CCC21C. The van der Waals surface area contributed by atoms with Gasteiger partial charge in [-0.2, -0.15) is 0 Å². The van der Waals surface area contributed by atoms with E-state index in [0.717, 1.165) is 44.4 Å². The molecule has 0 heterocycles. The molecular weight excluding hydrogens is 300 g/mol. The van der Waals surface area contributed by atoms with Crippen LogP contribution in [0.4, 0.5) is 0 Å². The standard InChI is InChI=1S/C21H34O3/c1-13(22)21(24)11-8-18-16-5-4-14-12-15(23)6-9-19(14,2)17(16)7-10-20(18,21)3/h14-18,23-24H,4-12H2,1-3H3/t14-,15?,16?,17?,18?,19?,20?,21-/m0/s1. The van der Waals surface area contributed by atoms with Gasteiger partial charge in [-0.3, -0.25) is 4.79 Å². The van der Waals surface area contributed by atoms with Crippen LogP contribution in [0.2, 0.25) is 0 Å². The number of ketones is 1. The van der Waals surface area contributed by atoms with E-state index in [1.165, 1.54) is 12.8 Å². The monoisotopic (exact) mass is 334 g/mol. The molecule has 8 atom stereocenters. The first-order valence-electron chi connectivity index (χ1n) is 10.1. The molecule has 0 amide bonds. The van der Waals surface area contributed by atoms with E-state index in [1.54, 1.807) is 6.92 Å². The maximum absolute atomic E-state index is 12.2. The Morgan fingerprint density at radius 2 is 1.67 bits per heavy atom. The molecule has 0 bridgehead atoms. The Bertz CT molecular complexity index is 545. The van der Waals surface area contributed by atoms with Crippen molar-refractivity contribution in [2.24, 2.45) is 34.5 Å². The Hall–Kier alpha value is -0.410. The summed E-state index contributed by atoms with van der Waals surface area (Å²) in [5.74, 6) is 2.52. The second-order valence-electron chi connectivity index (χ2n) is 10.00. The maximum Gasteiger partial charge on any atom is 0.161 e. The Morgan fingerprint density at radius 3 is 2.38 bits per heavy atom. The summed E-state index contributed by atoms with van der Waals surface area (Å²) in [6.45, 7) is 6.26. The van der Waals surface area contributed by atoms with E-state index in [0.29, 0.717) is 29.6 Å². The quantitative estimate of drug-likeness (QED) is 0.768. The van der Waals surface area contributed by atoms with Crippen molar-refractivity contribution in [2.75, 3.05) is 0 Å². The third kappa shape index (κ3) is 2.00. The van der Waals surface area contributed by atoms with Gasteiger partial charge >= 0.3 is 0 Å². The molecule has 4 aliphatic rings. The lowest BCUT2D eigenvalue weighted by Gasteiger charge is -2.61. The van der Waals surface area contributed by atoms with Gasteiger partial charge in [-0.05, 0) is 93.8 Å². The molecule has 0 radical (unpaired) electrons. The first-order valence-corrected chi connectivity index (χ1v) is 10.1. The molecule has 4 fully saturated rings.